The van der Waals surface area contributed by atoms with Gasteiger partial charge in [-0.2, -0.15) is 0 Å². The van der Waals surface area contributed by atoms with E-state index < -0.39 is 17.9 Å². The highest BCUT2D eigenvalue weighted by atomic mass is 16.5. The van der Waals surface area contributed by atoms with Crippen LogP contribution in [0.5, 0.6) is 11.5 Å². The van der Waals surface area contributed by atoms with Crippen molar-refractivity contribution in [2.45, 2.75) is 45.6 Å². The number of ether oxygens (including phenoxy) is 1. The number of amides is 1. The molecule has 6 nitrogen and oxygen atoms in total. The van der Waals surface area contributed by atoms with E-state index in [0.29, 0.717) is 17.7 Å². The van der Waals surface area contributed by atoms with Crippen LogP contribution >= 0.6 is 0 Å². The van der Waals surface area contributed by atoms with E-state index >= 15 is 0 Å². The number of rotatable bonds is 7. The molecule has 1 amide bonds. The van der Waals surface area contributed by atoms with Gasteiger partial charge in [0, 0.05) is 11.1 Å². The molecule has 0 fully saturated rings. The van der Waals surface area contributed by atoms with Gasteiger partial charge in [0.25, 0.3) is 5.91 Å². The van der Waals surface area contributed by atoms with Crippen molar-refractivity contribution in [1.82, 2.24) is 10.3 Å². The largest absolute Gasteiger partial charge is 0.479 e. The fraction of sp³-hybridized carbons (Fsp3) is 0.233. The van der Waals surface area contributed by atoms with Gasteiger partial charge in [-0.25, -0.2) is 9.78 Å². The number of nitrogens with zero attached hydrogens (tertiary/aromatic N) is 1. The number of carboxylic acid groups (broad SMARTS) is 1. The van der Waals surface area contributed by atoms with E-state index in [2.05, 4.69) is 43.2 Å². The minimum Gasteiger partial charge on any atom is -0.479 e. The summed E-state index contributed by atoms with van der Waals surface area (Å²) < 4.78 is 6.09. The van der Waals surface area contributed by atoms with Crippen LogP contribution in [0.2, 0.25) is 0 Å². The lowest BCUT2D eigenvalue weighted by Gasteiger charge is -2.19. The maximum absolute atomic E-state index is 13.0. The molecule has 0 saturated carbocycles. The van der Waals surface area contributed by atoms with Crippen LogP contribution < -0.4 is 10.1 Å². The van der Waals surface area contributed by atoms with Gasteiger partial charge in [-0.15, -0.1) is 0 Å². The Morgan fingerprint density at radius 3 is 2.22 bits per heavy atom. The van der Waals surface area contributed by atoms with Crippen LogP contribution in [-0.2, 0) is 16.6 Å². The Bertz CT molecular complexity index is 1390. The molecular formula is C30H30N2O4. The van der Waals surface area contributed by atoms with Crippen LogP contribution in [0.4, 0.5) is 0 Å². The summed E-state index contributed by atoms with van der Waals surface area (Å²) in [6.45, 7) is 8.47. The quantitative estimate of drug-likeness (QED) is 0.316. The van der Waals surface area contributed by atoms with Crippen LogP contribution in [0.1, 0.15) is 61.0 Å². The Kier molecular flexibility index (Phi) is 7.06. The molecule has 0 aliphatic carbocycles. The third-order valence-electron chi connectivity index (χ3n) is 6.06. The molecular weight excluding hydrogens is 452 g/mol. The second-order valence-electron chi connectivity index (χ2n) is 9.72. The van der Waals surface area contributed by atoms with E-state index in [1.54, 1.807) is 36.4 Å². The van der Waals surface area contributed by atoms with Gasteiger partial charge in [0.2, 0.25) is 0 Å². The average molecular weight is 483 g/mol. The molecule has 1 unspecified atom stereocenters. The first-order valence-corrected chi connectivity index (χ1v) is 12.0. The zero-order valence-electron chi connectivity index (χ0n) is 20.9. The van der Waals surface area contributed by atoms with Crippen LogP contribution in [0.25, 0.3) is 10.8 Å². The number of fused-ring (bicyclic) bond motifs is 1. The molecule has 1 aromatic heterocycles. The molecule has 36 heavy (non-hydrogen) atoms. The summed E-state index contributed by atoms with van der Waals surface area (Å²) in [6.07, 6.45) is 0.600. The summed E-state index contributed by atoms with van der Waals surface area (Å²) >= 11 is 0. The lowest BCUT2D eigenvalue weighted by Crippen LogP contribution is -2.34. The maximum atomic E-state index is 13.0. The number of aryl methyl sites for hydroxylation is 1. The van der Waals surface area contributed by atoms with Crippen LogP contribution in [0.15, 0.2) is 78.9 Å². The third-order valence-corrected chi connectivity index (χ3v) is 6.06. The first-order chi connectivity index (χ1) is 17.2. The maximum Gasteiger partial charge on any atom is 0.330 e. The third kappa shape index (κ3) is 5.54. The fourth-order valence-electron chi connectivity index (χ4n) is 4.04. The van der Waals surface area contributed by atoms with E-state index in [-0.39, 0.29) is 11.1 Å². The second-order valence-corrected chi connectivity index (χ2v) is 9.72. The molecule has 4 aromatic rings. The van der Waals surface area contributed by atoms with Crippen LogP contribution in [-0.4, -0.2) is 22.0 Å². The van der Waals surface area contributed by atoms with Crippen molar-refractivity contribution >= 4 is 22.6 Å². The summed E-state index contributed by atoms with van der Waals surface area (Å²) in [7, 11) is 0. The number of hydrogen-bond acceptors (Lipinski definition) is 4. The molecule has 0 aliphatic rings. The number of aliphatic carboxylic acids is 1. The highest BCUT2D eigenvalue weighted by molar-refractivity contribution is 5.99. The van der Waals surface area contributed by atoms with Gasteiger partial charge in [-0.3, -0.25) is 4.79 Å². The van der Waals surface area contributed by atoms with Crippen LogP contribution in [0.3, 0.4) is 0 Å². The van der Waals surface area contributed by atoms with Gasteiger partial charge in [0.1, 0.15) is 17.2 Å². The summed E-state index contributed by atoms with van der Waals surface area (Å²) in [6, 6.07) is 22.8. The topological polar surface area (TPSA) is 88.5 Å². The van der Waals surface area contributed by atoms with Crippen molar-refractivity contribution in [2.75, 3.05) is 0 Å². The number of aromatic nitrogens is 1. The molecule has 0 radical (unpaired) electrons. The zero-order chi connectivity index (χ0) is 25.9. The molecule has 4 rings (SSSR count). The fourth-order valence-corrected chi connectivity index (χ4v) is 4.04. The number of carbonyl (C=O) groups excluding carboxylic acids is 1. The number of benzene rings is 3. The molecule has 0 saturated heterocycles. The highest BCUT2D eigenvalue weighted by Gasteiger charge is 2.23. The number of pyridine rings is 1. The van der Waals surface area contributed by atoms with Gasteiger partial charge in [-0.1, -0.05) is 76.2 Å². The van der Waals surface area contributed by atoms with E-state index in [1.165, 1.54) is 5.56 Å². The first kappa shape index (κ1) is 24.9. The van der Waals surface area contributed by atoms with Crippen molar-refractivity contribution in [2.24, 2.45) is 0 Å². The molecule has 1 atom stereocenters. The van der Waals surface area contributed by atoms with E-state index in [9.17, 15) is 14.7 Å². The highest BCUT2D eigenvalue weighted by Crippen LogP contribution is 2.30. The number of nitrogens with one attached hydrogen (secondary N) is 1. The van der Waals surface area contributed by atoms with Crippen molar-refractivity contribution in [1.29, 1.82) is 0 Å². The minimum absolute atomic E-state index is 0.0682. The smallest absolute Gasteiger partial charge is 0.330 e. The number of hydrogen-bond donors (Lipinski definition) is 2. The molecule has 0 spiro atoms. The Morgan fingerprint density at radius 1 is 0.944 bits per heavy atom. The van der Waals surface area contributed by atoms with Crippen molar-refractivity contribution in [3.8, 4) is 11.5 Å². The number of carboxylic acids is 1. The van der Waals surface area contributed by atoms with Gasteiger partial charge in [-0.05, 0) is 58.7 Å². The molecule has 6 heteroatoms. The Labute approximate surface area is 211 Å². The predicted octanol–water partition coefficient (Wildman–Crippen LogP) is 6.44. The monoisotopic (exact) mass is 482 g/mol. The lowest BCUT2D eigenvalue weighted by atomic mass is 9.87. The van der Waals surface area contributed by atoms with Gasteiger partial charge in [0.15, 0.2) is 6.04 Å². The summed E-state index contributed by atoms with van der Waals surface area (Å²) in [5.41, 5.74) is 2.70. The Hall–Kier alpha value is -4.19. The predicted molar refractivity (Wildman–Crippen MR) is 141 cm³/mol. The summed E-state index contributed by atoms with van der Waals surface area (Å²) in [5.74, 6) is -0.259. The first-order valence-electron chi connectivity index (χ1n) is 12.0. The summed E-state index contributed by atoms with van der Waals surface area (Å²) in [4.78, 5) is 29.3. The summed E-state index contributed by atoms with van der Waals surface area (Å²) in [5, 5.41) is 14.0. The van der Waals surface area contributed by atoms with Gasteiger partial charge < -0.3 is 15.2 Å². The Balaban J connectivity index is 1.59. The van der Waals surface area contributed by atoms with E-state index in [0.717, 1.165) is 22.2 Å². The zero-order valence-corrected chi connectivity index (χ0v) is 20.9. The molecule has 0 aliphatic heterocycles. The van der Waals surface area contributed by atoms with E-state index in [1.807, 2.05) is 37.3 Å². The van der Waals surface area contributed by atoms with Crippen LogP contribution in [0, 0.1) is 0 Å². The molecule has 1 heterocycles. The average Bonchev–Trinajstić information content (AvgIpc) is 2.86. The minimum atomic E-state index is -1.17. The second kappa shape index (κ2) is 10.2. The molecule has 184 valence electrons. The standard InChI is InChI=1S/C30H30N2O4/c1-5-25-24-18-23(36-22-15-12-21(13-16-22)30(2,3)4)14-11-20(24)17-26(31-25)28(33)32-27(29(34)35)19-9-7-6-8-10-19/h6-18,27H,5H2,1-4H3,(H,32,33)(H,34,35). The van der Waals surface area contributed by atoms with Gasteiger partial charge >= 0.3 is 5.97 Å². The van der Waals surface area contributed by atoms with E-state index in [4.69, 9.17) is 4.74 Å². The molecule has 0 bridgehead atoms. The van der Waals surface area contributed by atoms with Crippen molar-refractivity contribution < 1.29 is 19.4 Å². The lowest BCUT2D eigenvalue weighted by molar-refractivity contribution is -0.139. The van der Waals surface area contributed by atoms with Crippen molar-refractivity contribution in [3.05, 3.63) is 101 Å². The SMILES string of the molecule is CCc1nc(C(=O)NC(C(=O)O)c2ccccc2)cc2ccc(Oc3ccc(C(C)(C)C)cc3)cc12. The molecule has 2 N–H and O–H groups in total. The number of carbonyl (C=O) groups is 2. The molecule has 3 aromatic carbocycles. The normalized spacial score (nSPS) is 12.2. The van der Waals surface area contributed by atoms with Crippen molar-refractivity contribution in [3.63, 3.8) is 0 Å². The Morgan fingerprint density at radius 2 is 1.61 bits per heavy atom. The van der Waals surface area contributed by atoms with Gasteiger partial charge in [0.05, 0.1) is 0 Å².